The Morgan fingerprint density at radius 3 is 2.82 bits per heavy atom. The van der Waals surface area contributed by atoms with Gasteiger partial charge in [0, 0.05) is 12.1 Å². The van der Waals surface area contributed by atoms with E-state index in [4.69, 9.17) is 4.74 Å². The van der Waals surface area contributed by atoms with E-state index in [1.165, 1.54) is 7.11 Å². The lowest BCUT2D eigenvalue weighted by Gasteiger charge is -2.09. The van der Waals surface area contributed by atoms with Gasteiger partial charge in [-0.1, -0.05) is 0 Å². The quantitative estimate of drug-likeness (QED) is 0.843. The van der Waals surface area contributed by atoms with Crippen molar-refractivity contribution in [3.05, 3.63) is 24.0 Å². The maximum atomic E-state index is 12.1. The molecule has 2 heterocycles. The third-order valence-corrected chi connectivity index (χ3v) is 5.20. The molecule has 0 aliphatic carbocycles. The molecule has 0 saturated carbocycles. The summed E-state index contributed by atoms with van der Waals surface area (Å²) in [4.78, 5) is 16.3. The van der Waals surface area contributed by atoms with E-state index in [0.717, 1.165) is 0 Å². The molecule has 1 fully saturated rings. The van der Waals surface area contributed by atoms with Gasteiger partial charge in [0.05, 0.1) is 24.1 Å². The first-order chi connectivity index (χ1) is 10.5. The van der Waals surface area contributed by atoms with Crippen LogP contribution < -0.4 is 10.1 Å². The highest BCUT2D eigenvalue weighted by molar-refractivity contribution is 7.91. The number of hydrogen-bond acceptors (Lipinski definition) is 7. The normalized spacial score (nSPS) is 20.0. The van der Waals surface area contributed by atoms with Gasteiger partial charge in [-0.15, -0.1) is 10.2 Å². The lowest BCUT2D eigenvalue weighted by Crippen LogP contribution is -2.36. The van der Waals surface area contributed by atoms with Crippen LogP contribution in [-0.4, -0.2) is 54.2 Å². The number of carbonyl (C=O) groups excluding carboxylic acids is 1. The van der Waals surface area contributed by atoms with E-state index >= 15 is 0 Å². The van der Waals surface area contributed by atoms with Crippen molar-refractivity contribution in [2.75, 3.05) is 18.6 Å². The topological polar surface area (TPSA) is 111 Å². The first kappa shape index (κ1) is 14.6. The molecular formula is C13H14N4O4S. The molecule has 1 aromatic carbocycles. The summed E-state index contributed by atoms with van der Waals surface area (Å²) < 4.78 is 27.9. The molecule has 0 radical (unpaired) electrons. The van der Waals surface area contributed by atoms with Gasteiger partial charge in [0.15, 0.2) is 9.84 Å². The summed E-state index contributed by atoms with van der Waals surface area (Å²) >= 11 is 0. The van der Waals surface area contributed by atoms with Crippen molar-refractivity contribution in [3.63, 3.8) is 0 Å². The zero-order chi connectivity index (χ0) is 15.7. The van der Waals surface area contributed by atoms with Gasteiger partial charge in [0.2, 0.25) is 5.82 Å². The predicted molar refractivity (Wildman–Crippen MR) is 78.4 cm³/mol. The Kier molecular flexibility index (Phi) is 3.65. The third-order valence-electron chi connectivity index (χ3n) is 3.43. The molecule has 1 amide bonds. The van der Waals surface area contributed by atoms with Crippen LogP contribution in [0.3, 0.4) is 0 Å². The molecule has 8 nitrogen and oxygen atoms in total. The molecule has 2 aromatic rings. The van der Waals surface area contributed by atoms with Crippen molar-refractivity contribution in [2.45, 2.75) is 12.5 Å². The number of rotatable bonds is 3. The molecule has 1 aromatic heterocycles. The Labute approximate surface area is 126 Å². The molecule has 1 saturated heterocycles. The summed E-state index contributed by atoms with van der Waals surface area (Å²) in [6.07, 6.45) is 0.406. The minimum Gasteiger partial charge on any atom is -0.497 e. The summed E-state index contributed by atoms with van der Waals surface area (Å²) in [5, 5.41) is 10.3. The summed E-state index contributed by atoms with van der Waals surface area (Å²) in [6.45, 7) is 0. The van der Waals surface area contributed by atoms with Gasteiger partial charge in [-0.25, -0.2) is 13.4 Å². The number of methoxy groups -OCH3 is 1. The maximum Gasteiger partial charge on any atom is 0.291 e. The van der Waals surface area contributed by atoms with Gasteiger partial charge in [0.1, 0.15) is 11.3 Å². The first-order valence-corrected chi connectivity index (χ1v) is 8.49. The van der Waals surface area contributed by atoms with Crippen LogP contribution in [0.25, 0.3) is 11.0 Å². The van der Waals surface area contributed by atoms with Crippen LogP contribution in [0.4, 0.5) is 0 Å². The van der Waals surface area contributed by atoms with Gasteiger partial charge in [-0.2, -0.15) is 0 Å². The average Bonchev–Trinajstić information content (AvgIpc) is 2.84. The van der Waals surface area contributed by atoms with Gasteiger partial charge in [0.25, 0.3) is 5.91 Å². The molecule has 0 spiro atoms. The Morgan fingerprint density at radius 1 is 1.32 bits per heavy atom. The van der Waals surface area contributed by atoms with Gasteiger partial charge in [-0.3, -0.25) is 4.79 Å². The number of nitrogens with one attached hydrogen (secondary N) is 1. The van der Waals surface area contributed by atoms with Gasteiger partial charge >= 0.3 is 0 Å². The van der Waals surface area contributed by atoms with Crippen LogP contribution in [-0.2, 0) is 9.84 Å². The molecule has 3 rings (SSSR count). The monoisotopic (exact) mass is 322 g/mol. The summed E-state index contributed by atoms with van der Waals surface area (Å²) in [7, 11) is -1.52. The number of hydrogen-bond donors (Lipinski definition) is 1. The van der Waals surface area contributed by atoms with Crippen molar-refractivity contribution in [1.82, 2.24) is 20.5 Å². The molecular weight excluding hydrogens is 308 g/mol. The van der Waals surface area contributed by atoms with Crippen LogP contribution in [0.15, 0.2) is 18.2 Å². The zero-order valence-electron chi connectivity index (χ0n) is 11.8. The molecule has 1 atom stereocenters. The van der Waals surface area contributed by atoms with Crippen LogP contribution in [0, 0.1) is 0 Å². The SMILES string of the molecule is COc1ccc2nnc(C(=O)N[C@H]3CCS(=O)(=O)C3)nc2c1. The number of carbonyl (C=O) groups is 1. The smallest absolute Gasteiger partial charge is 0.291 e. The average molecular weight is 322 g/mol. The second kappa shape index (κ2) is 5.48. The predicted octanol–water partition coefficient (Wildman–Crippen LogP) is -0.0497. The standard InChI is InChI=1S/C13H14N4O4S/c1-21-9-2-3-10-11(6-9)15-12(17-16-10)13(18)14-8-4-5-22(19,20)7-8/h2-3,6,8H,4-5,7H2,1H3,(H,14,18)/t8-/m0/s1. The van der Waals surface area contributed by atoms with Crippen LogP contribution in [0.1, 0.15) is 17.0 Å². The maximum absolute atomic E-state index is 12.1. The van der Waals surface area contributed by atoms with Crippen LogP contribution in [0.5, 0.6) is 5.75 Å². The highest BCUT2D eigenvalue weighted by atomic mass is 32.2. The van der Waals surface area contributed by atoms with Gasteiger partial charge < -0.3 is 10.1 Å². The molecule has 0 unspecified atom stereocenters. The Hall–Kier alpha value is -2.29. The fraction of sp³-hybridized carbons (Fsp3) is 0.385. The molecule has 1 aliphatic rings. The fourth-order valence-corrected chi connectivity index (χ4v) is 3.97. The van der Waals surface area contributed by atoms with E-state index < -0.39 is 21.8 Å². The van der Waals surface area contributed by atoms with Crippen molar-refractivity contribution in [3.8, 4) is 5.75 Å². The Bertz CT molecular complexity index is 837. The summed E-state index contributed by atoms with van der Waals surface area (Å²) in [6, 6.07) is 4.67. The number of ether oxygens (including phenoxy) is 1. The van der Waals surface area contributed by atoms with E-state index in [2.05, 4.69) is 20.5 Å². The lowest BCUT2D eigenvalue weighted by atomic mass is 10.2. The molecule has 1 aliphatic heterocycles. The molecule has 0 bridgehead atoms. The first-order valence-electron chi connectivity index (χ1n) is 6.66. The van der Waals surface area contributed by atoms with Crippen molar-refractivity contribution in [2.24, 2.45) is 0 Å². The van der Waals surface area contributed by atoms with E-state index in [1.54, 1.807) is 18.2 Å². The Balaban J connectivity index is 1.82. The van der Waals surface area contributed by atoms with E-state index in [-0.39, 0.29) is 17.3 Å². The van der Waals surface area contributed by atoms with E-state index in [1.807, 2.05) is 0 Å². The third kappa shape index (κ3) is 2.98. The number of benzene rings is 1. The number of nitrogens with zero attached hydrogens (tertiary/aromatic N) is 3. The highest BCUT2D eigenvalue weighted by Gasteiger charge is 2.29. The van der Waals surface area contributed by atoms with Gasteiger partial charge in [-0.05, 0) is 18.6 Å². The van der Waals surface area contributed by atoms with Crippen LogP contribution >= 0.6 is 0 Å². The largest absolute Gasteiger partial charge is 0.497 e. The van der Waals surface area contributed by atoms with Crippen LogP contribution in [0.2, 0.25) is 0 Å². The van der Waals surface area contributed by atoms with E-state index in [0.29, 0.717) is 23.2 Å². The van der Waals surface area contributed by atoms with Crippen molar-refractivity contribution in [1.29, 1.82) is 0 Å². The number of aromatic nitrogens is 3. The van der Waals surface area contributed by atoms with Crippen molar-refractivity contribution < 1.29 is 17.9 Å². The molecule has 116 valence electrons. The molecule has 9 heteroatoms. The molecule has 22 heavy (non-hydrogen) atoms. The zero-order valence-corrected chi connectivity index (χ0v) is 12.6. The van der Waals surface area contributed by atoms with Crippen molar-refractivity contribution >= 4 is 26.8 Å². The summed E-state index contributed by atoms with van der Waals surface area (Å²) in [5.41, 5.74) is 1.03. The highest BCUT2D eigenvalue weighted by Crippen LogP contribution is 2.17. The second-order valence-electron chi connectivity index (χ2n) is 5.06. The molecule has 1 N–H and O–H groups in total. The minimum atomic E-state index is -3.05. The minimum absolute atomic E-state index is 0.0480. The lowest BCUT2D eigenvalue weighted by molar-refractivity contribution is 0.0930. The second-order valence-corrected chi connectivity index (χ2v) is 7.29. The summed E-state index contributed by atoms with van der Waals surface area (Å²) in [5.74, 6) is 0.0186. The Morgan fingerprint density at radius 2 is 2.14 bits per heavy atom. The fourth-order valence-electron chi connectivity index (χ4n) is 2.30. The number of amides is 1. The number of fused-ring (bicyclic) bond motifs is 1. The van der Waals surface area contributed by atoms with E-state index in [9.17, 15) is 13.2 Å². The number of sulfone groups is 1.